The van der Waals surface area contributed by atoms with Gasteiger partial charge in [-0.3, -0.25) is 4.79 Å². The van der Waals surface area contributed by atoms with Crippen molar-refractivity contribution >= 4 is 11.6 Å². The van der Waals surface area contributed by atoms with Crippen molar-refractivity contribution in [3.8, 4) is 17.0 Å². The largest absolute Gasteiger partial charge is 0.496 e. The molecule has 0 atom stereocenters. The number of rotatable bonds is 3. The van der Waals surface area contributed by atoms with Gasteiger partial charge in [-0.05, 0) is 31.2 Å². The predicted octanol–water partition coefficient (Wildman–Crippen LogP) is 1.95. The number of nitrogens with zero attached hydrogens (tertiary/aromatic N) is 3. The fourth-order valence-electron chi connectivity index (χ4n) is 2.31. The molecule has 112 valence electrons. The minimum absolute atomic E-state index is 0.209. The van der Waals surface area contributed by atoms with Crippen molar-refractivity contribution in [1.29, 1.82) is 0 Å². The lowest BCUT2D eigenvalue weighted by Gasteiger charge is -2.10. The summed E-state index contributed by atoms with van der Waals surface area (Å²) in [5.74, 6) is -0.540. The van der Waals surface area contributed by atoms with E-state index in [9.17, 15) is 9.18 Å². The highest BCUT2D eigenvalue weighted by Crippen LogP contribution is 2.30. The SMILES string of the molecule is COc1ccc(F)cc1-c1cc(C)n2ncc(C(N)=O)c2n1. The van der Waals surface area contributed by atoms with Crippen molar-refractivity contribution in [2.75, 3.05) is 7.11 Å². The second-order valence-corrected chi connectivity index (χ2v) is 4.79. The molecule has 2 N–H and O–H groups in total. The molecule has 0 unspecified atom stereocenters. The van der Waals surface area contributed by atoms with E-state index in [4.69, 9.17) is 10.5 Å². The van der Waals surface area contributed by atoms with Gasteiger partial charge in [0, 0.05) is 11.3 Å². The summed E-state index contributed by atoms with van der Waals surface area (Å²) in [4.78, 5) is 15.8. The zero-order valence-electron chi connectivity index (χ0n) is 12.0. The molecule has 0 aliphatic rings. The molecule has 0 saturated heterocycles. The molecule has 0 spiro atoms. The van der Waals surface area contributed by atoms with Gasteiger partial charge in [-0.1, -0.05) is 0 Å². The second-order valence-electron chi connectivity index (χ2n) is 4.79. The Bertz CT molecular complexity index is 889. The number of aromatic nitrogens is 3. The van der Waals surface area contributed by atoms with Crippen LogP contribution in [0.1, 0.15) is 16.1 Å². The van der Waals surface area contributed by atoms with E-state index >= 15 is 0 Å². The molecule has 0 bridgehead atoms. The van der Waals surface area contributed by atoms with Gasteiger partial charge in [-0.15, -0.1) is 0 Å². The third-order valence-electron chi connectivity index (χ3n) is 3.35. The summed E-state index contributed by atoms with van der Waals surface area (Å²) < 4.78 is 20.3. The van der Waals surface area contributed by atoms with Gasteiger partial charge in [0.05, 0.1) is 19.0 Å². The molecule has 1 amide bonds. The number of hydrogen-bond donors (Lipinski definition) is 1. The van der Waals surface area contributed by atoms with Crippen LogP contribution in [0.2, 0.25) is 0 Å². The standard InChI is InChI=1S/C15H13FN4O2/c1-8-5-12(10-6-9(16)3-4-13(10)22-2)19-15-11(14(17)21)7-18-20(8)15/h3-7H,1-2H3,(H2,17,21). The summed E-state index contributed by atoms with van der Waals surface area (Å²) in [5.41, 5.74) is 7.56. The minimum atomic E-state index is -0.620. The molecule has 0 aliphatic carbocycles. The van der Waals surface area contributed by atoms with Gasteiger partial charge in [0.25, 0.3) is 5.91 Å². The van der Waals surface area contributed by atoms with E-state index in [1.807, 2.05) is 6.92 Å². The summed E-state index contributed by atoms with van der Waals surface area (Å²) in [6.07, 6.45) is 1.37. The molecule has 3 aromatic rings. The summed E-state index contributed by atoms with van der Waals surface area (Å²) in [6.45, 7) is 1.81. The van der Waals surface area contributed by atoms with Crippen molar-refractivity contribution < 1.29 is 13.9 Å². The highest BCUT2D eigenvalue weighted by atomic mass is 19.1. The summed E-state index contributed by atoms with van der Waals surface area (Å²) >= 11 is 0. The number of halogens is 1. The molecule has 0 saturated carbocycles. The maximum absolute atomic E-state index is 13.6. The molecular weight excluding hydrogens is 287 g/mol. The first kappa shape index (κ1) is 14.0. The zero-order valence-corrected chi connectivity index (χ0v) is 12.0. The maximum atomic E-state index is 13.6. The Labute approximate surface area is 125 Å². The van der Waals surface area contributed by atoms with Gasteiger partial charge in [-0.25, -0.2) is 13.9 Å². The monoisotopic (exact) mass is 300 g/mol. The van der Waals surface area contributed by atoms with Crippen LogP contribution in [0.3, 0.4) is 0 Å². The van der Waals surface area contributed by atoms with Crippen LogP contribution in [-0.2, 0) is 0 Å². The Morgan fingerprint density at radius 3 is 2.82 bits per heavy atom. The van der Waals surface area contributed by atoms with Crippen molar-refractivity contribution in [3.63, 3.8) is 0 Å². The van der Waals surface area contributed by atoms with Gasteiger partial charge in [0.2, 0.25) is 0 Å². The van der Waals surface area contributed by atoms with E-state index in [0.717, 1.165) is 5.69 Å². The molecule has 6 nitrogen and oxygen atoms in total. The number of methoxy groups -OCH3 is 1. The van der Waals surface area contributed by atoms with Crippen LogP contribution < -0.4 is 10.5 Å². The Kier molecular flexibility index (Phi) is 3.25. The van der Waals surface area contributed by atoms with Crippen LogP contribution >= 0.6 is 0 Å². The highest BCUT2D eigenvalue weighted by molar-refractivity contribution is 5.98. The van der Waals surface area contributed by atoms with Crippen molar-refractivity contribution in [3.05, 3.63) is 47.5 Å². The number of primary amides is 1. The molecule has 0 fully saturated rings. The Morgan fingerprint density at radius 2 is 2.14 bits per heavy atom. The number of benzene rings is 1. The lowest BCUT2D eigenvalue weighted by atomic mass is 10.1. The summed E-state index contributed by atoms with van der Waals surface area (Å²) in [7, 11) is 1.50. The van der Waals surface area contributed by atoms with Gasteiger partial charge in [0.1, 0.15) is 17.1 Å². The molecular formula is C15H13FN4O2. The van der Waals surface area contributed by atoms with E-state index in [0.29, 0.717) is 22.7 Å². The van der Waals surface area contributed by atoms with Gasteiger partial charge in [-0.2, -0.15) is 5.10 Å². The Hall–Kier alpha value is -2.96. The molecule has 0 aliphatic heterocycles. The first-order chi connectivity index (χ1) is 10.5. The number of carbonyl (C=O) groups is 1. The average molecular weight is 300 g/mol. The van der Waals surface area contributed by atoms with Crippen LogP contribution in [0.15, 0.2) is 30.5 Å². The van der Waals surface area contributed by atoms with Crippen LogP contribution in [0.4, 0.5) is 4.39 Å². The minimum Gasteiger partial charge on any atom is -0.496 e. The van der Waals surface area contributed by atoms with E-state index in [1.54, 1.807) is 6.07 Å². The van der Waals surface area contributed by atoms with Crippen LogP contribution in [0, 0.1) is 12.7 Å². The Balaban J connectivity index is 2.30. The molecule has 22 heavy (non-hydrogen) atoms. The second kappa shape index (κ2) is 5.10. The molecule has 3 rings (SSSR count). The lowest BCUT2D eigenvalue weighted by Crippen LogP contribution is -2.11. The third kappa shape index (κ3) is 2.16. The number of nitrogens with two attached hydrogens (primary N) is 1. The predicted molar refractivity (Wildman–Crippen MR) is 78.2 cm³/mol. The quantitative estimate of drug-likeness (QED) is 0.801. The highest BCUT2D eigenvalue weighted by Gasteiger charge is 2.16. The van der Waals surface area contributed by atoms with Crippen LogP contribution in [-0.4, -0.2) is 27.6 Å². The van der Waals surface area contributed by atoms with E-state index in [2.05, 4.69) is 10.1 Å². The molecule has 2 aromatic heterocycles. The first-order valence-electron chi connectivity index (χ1n) is 6.50. The number of amides is 1. The van der Waals surface area contributed by atoms with E-state index in [-0.39, 0.29) is 5.56 Å². The van der Waals surface area contributed by atoms with Crippen molar-refractivity contribution in [2.45, 2.75) is 6.92 Å². The first-order valence-corrected chi connectivity index (χ1v) is 6.50. The average Bonchev–Trinajstić information content (AvgIpc) is 2.91. The summed E-state index contributed by atoms with van der Waals surface area (Å²) in [6, 6.07) is 5.90. The Morgan fingerprint density at radius 1 is 1.36 bits per heavy atom. The summed E-state index contributed by atoms with van der Waals surface area (Å²) in [5, 5.41) is 4.08. The maximum Gasteiger partial charge on any atom is 0.254 e. The van der Waals surface area contributed by atoms with Gasteiger partial charge >= 0.3 is 0 Å². The topological polar surface area (TPSA) is 82.5 Å². The lowest BCUT2D eigenvalue weighted by molar-refractivity contribution is 0.100. The van der Waals surface area contributed by atoms with Crippen molar-refractivity contribution in [2.24, 2.45) is 5.73 Å². The van der Waals surface area contributed by atoms with Gasteiger partial charge in [0.15, 0.2) is 5.65 Å². The van der Waals surface area contributed by atoms with Crippen LogP contribution in [0.25, 0.3) is 16.9 Å². The fraction of sp³-hybridized carbons (Fsp3) is 0.133. The zero-order chi connectivity index (χ0) is 15.9. The normalized spacial score (nSPS) is 10.9. The molecule has 1 aromatic carbocycles. The molecule has 2 heterocycles. The molecule has 7 heteroatoms. The van der Waals surface area contributed by atoms with Crippen LogP contribution in [0.5, 0.6) is 5.75 Å². The van der Waals surface area contributed by atoms with E-state index < -0.39 is 11.7 Å². The number of ether oxygens (including phenoxy) is 1. The third-order valence-corrected chi connectivity index (χ3v) is 3.35. The number of aryl methyl sites for hydroxylation is 1. The van der Waals surface area contributed by atoms with Crippen molar-refractivity contribution in [1.82, 2.24) is 14.6 Å². The van der Waals surface area contributed by atoms with E-state index in [1.165, 1.54) is 36.0 Å². The number of hydrogen-bond acceptors (Lipinski definition) is 4. The van der Waals surface area contributed by atoms with Gasteiger partial charge < -0.3 is 10.5 Å². The number of fused-ring (bicyclic) bond motifs is 1. The number of carbonyl (C=O) groups excluding carboxylic acids is 1. The smallest absolute Gasteiger partial charge is 0.254 e. The fourth-order valence-corrected chi connectivity index (χ4v) is 2.31. The molecule has 0 radical (unpaired) electrons.